The van der Waals surface area contributed by atoms with E-state index in [1.54, 1.807) is 7.11 Å². The van der Waals surface area contributed by atoms with Crippen molar-refractivity contribution in [3.05, 3.63) is 12.0 Å². The fraction of sp³-hybridized carbons (Fsp3) is 0.737. The fourth-order valence-electron chi connectivity index (χ4n) is 4.29. The minimum absolute atomic E-state index is 0.161. The maximum atomic E-state index is 5.76. The molecule has 1 saturated carbocycles. The van der Waals surface area contributed by atoms with Crippen molar-refractivity contribution >= 4 is 16.9 Å². The first-order valence-electron chi connectivity index (χ1n) is 9.80. The van der Waals surface area contributed by atoms with Crippen LogP contribution in [0.1, 0.15) is 51.3 Å². The molecule has 0 radical (unpaired) electrons. The van der Waals surface area contributed by atoms with Crippen LogP contribution in [0.5, 0.6) is 0 Å². The van der Waals surface area contributed by atoms with Crippen molar-refractivity contribution in [2.24, 2.45) is 7.05 Å². The lowest BCUT2D eigenvalue weighted by Gasteiger charge is -2.21. The lowest BCUT2D eigenvalue weighted by molar-refractivity contribution is 0.0983. The van der Waals surface area contributed by atoms with E-state index in [1.807, 2.05) is 17.9 Å². The monoisotopic (exact) mass is 358 g/mol. The van der Waals surface area contributed by atoms with Gasteiger partial charge < -0.3 is 10.1 Å². The van der Waals surface area contributed by atoms with Crippen molar-refractivity contribution in [1.82, 2.24) is 24.6 Å². The third kappa shape index (κ3) is 3.18. The van der Waals surface area contributed by atoms with Crippen molar-refractivity contribution in [2.75, 3.05) is 25.5 Å². The van der Waals surface area contributed by atoms with E-state index < -0.39 is 0 Å². The first-order chi connectivity index (χ1) is 12.6. The van der Waals surface area contributed by atoms with Gasteiger partial charge in [0.2, 0.25) is 0 Å². The Morgan fingerprint density at radius 1 is 1.19 bits per heavy atom. The summed E-state index contributed by atoms with van der Waals surface area (Å²) in [6, 6.07) is 0.731. The van der Waals surface area contributed by atoms with Crippen LogP contribution in [0.4, 0.5) is 5.82 Å². The molecule has 0 amide bonds. The number of nitrogens with one attached hydrogen (secondary N) is 1. The molecule has 1 aliphatic heterocycles. The molecule has 3 heterocycles. The van der Waals surface area contributed by atoms with E-state index in [9.17, 15) is 0 Å². The molecule has 2 fully saturated rings. The van der Waals surface area contributed by atoms with Crippen LogP contribution in [0.15, 0.2) is 6.20 Å². The Hall–Kier alpha value is -1.73. The predicted octanol–water partition coefficient (Wildman–Crippen LogP) is 2.54. The van der Waals surface area contributed by atoms with Crippen LogP contribution in [-0.2, 0) is 11.8 Å². The van der Waals surface area contributed by atoms with Gasteiger partial charge in [-0.2, -0.15) is 5.10 Å². The van der Waals surface area contributed by atoms with Crippen LogP contribution >= 0.6 is 0 Å². The highest BCUT2D eigenvalue weighted by molar-refractivity contribution is 5.86. The number of hydrogen-bond acceptors (Lipinski definition) is 6. The van der Waals surface area contributed by atoms with Gasteiger partial charge >= 0.3 is 0 Å². The van der Waals surface area contributed by atoms with Crippen molar-refractivity contribution < 1.29 is 4.74 Å². The second-order valence-electron chi connectivity index (χ2n) is 7.99. The smallest absolute Gasteiger partial charge is 0.163 e. The normalized spacial score (nSPS) is 25.0. The highest BCUT2D eigenvalue weighted by atomic mass is 16.5. The summed E-state index contributed by atoms with van der Waals surface area (Å²) in [4.78, 5) is 12.2. The first-order valence-corrected chi connectivity index (χ1v) is 9.80. The maximum Gasteiger partial charge on any atom is 0.163 e. The van der Waals surface area contributed by atoms with Gasteiger partial charge in [0.25, 0.3) is 0 Å². The van der Waals surface area contributed by atoms with Crippen molar-refractivity contribution in [2.45, 2.75) is 63.6 Å². The summed E-state index contributed by atoms with van der Waals surface area (Å²) < 4.78 is 7.61. The van der Waals surface area contributed by atoms with Crippen LogP contribution in [0.25, 0.3) is 11.0 Å². The number of aromatic nitrogens is 4. The average molecular weight is 358 g/mol. The average Bonchev–Trinajstić information content (AvgIpc) is 3.35. The molecule has 1 aliphatic carbocycles. The van der Waals surface area contributed by atoms with Crippen LogP contribution in [0, 0.1) is 0 Å². The quantitative estimate of drug-likeness (QED) is 0.886. The van der Waals surface area contributed by atoms with Crippen LogP contribution in [0.3, 0.4) is 0 Å². The Morgan fingerprint density at radius 3 is 2.65 bits per heavy atom. The van der Waals surface area contributed by atoms with Gasteiger partial charge in [0.05, 0.1) is 23.7 Å². The predicted molar refractivity (Wildman–Crippen MR) is 102 cm³/mol. The zero-order valence-electron chi connectivity index (χ0n) is 16.3. The third-order valence-corrected chi connectivity index (χ3v) is 5.98. The van der Waals surface area contributed by atoms with E-state index >= 15 is 0 Å². The summed E-state index contributed by atoms with van der Waals surface area (Å²) in [5, 5.41) is 9.08. The minimum Gasteiger partial charge on any atom is -0.378 e. The molecule has 0 aromatic carbocycles. The minimum atomic E-state index is 0.161. The number of nitrogens with zero attached hydrogens (tertiary/aromatic N) is 5. The molecule has 1 saturated heterocycles. The number of ether oxygens (including phenoxy) is 1. The topological polar surface area (TPSA) is 68.1 Å². The second kappa shape index (κ2) is 7.12. The van der Waals surface area contributed by atoms with Gasteiger partial charge in [-0.05, 0) is 26.7 Å². The zero-order valence-corrected chi connectivity index (χ0v) is 16.3. The summed E-state index contributed by atoms with van der Waals surface area (Å²) in [7, 11) is 3.75. The van der Waals surface area contributed by atoms with Crippen LogP contribution < -0.4 is 5.32 Å². The number of fused-ring (bicyclic) bond motifs is 1. The number of methoxy groups -OCH3 is 1. The molecule has 2 aliphatic rings. The Morgan fingerprint density at radius 2 is 1.96 bits per heavy atom. The highest BCUT2D eigenvalue weighted by Gasteiger charge is 2.35. The van der Waals surface area contributed by atoms with E-state index in [2.05, 4.69) is 29.2 Å². The summed E-state index contributed by atoms with van der Waals surface area (Å²) in [5.74, 6) is 2.35. The van der Waals surface area contributed by atoms with Gasteiger partial charge in [-0.25, -0.2) is 9.97 Å². The largest absolute Gasteiger partial charge is 0.378 e. The van der Waals surface area contributed by atoms with Gasteiger partial charge in [-0.1, -0.05) is 12.8 Å². The fourth-order valence-corrected chi connectivity index (χ4v) is 4.29. The molecule has 1 N–H and O–H groups in total. The van der Waals surface area contributed by atoms with E-state index in [1.165, 1.54) is 25.7 Å². The molecule has 0 bridgehead atoms. The maximum absolute atomic E-state index is 5.76. The molecule has 26 heavy (non-hydrogen) atoms. The molecule has 7 heteroatoms. The molecule has 0 spiro atoms. The van der Waals surface area contributed by atoms with Crippen LogP contribution in [0.2, 0.25) is 0 Å². The number of rotatable bonds is 5. The Kier molecular flexibility index (Phi) is 4.84. The van der Waals surface area contributed by atoms with Gasteiger partial charge in [0, 0.05) is 39.2 Å². The molecule has 2 atom stereocenters. The van der Waals surface area contributed by atoms with Crippen molar-refractivity contribution in [1.29, 1.82) is 0 Å². The highest BCUT2D eigenvalue weighted by Crippen LogP contribution is 2.34. The Bertz CT molecular complexity index is 767. The molecule has 2 aromatic rings. The number of aryl methyl sites for hydroxylation is 1. The standard InChI is InChI=1S/C19H30N6O/c1-12(2)25-10-15(16(11-25)26-4)21-18-14-9-20-24(3)19(14)23-17(22-18)13-7-5-6-8-13/h9,12-13,15-16H,5-8,10-11H2,1-4H3,(H,21,22,23)/t15-,16-/m1/s1. The first kappa shape index (κ1) is 17.7. The van der Waals surface area contributed by atoms with Gasteiger partial charge in [0.15, 0.2) is 5.65 Å². The van der Waals surface area contributed by atoms with Crippen molar-refractivity contribution in [3.63, 3.8) is 0 Å². The zero-order chi connectivity index (χ0) is 18.3. The van der Waals surface area contributed by atoms with Gasteiger partial charge in [0.1, 0.15) is 11.6 Å². The summed E-state index contributed by atoms with van der Waals surface area (Å²) in [6.45, 7) is 6.37. The molecular formula is C19H30N6O. The molecular weight excluding hydrogens is 328 g/mol. The number of anilines is 1. The lowest BCUT2D eigenvalue weighted by Crippen LogP contribution is -2.34. The summed E-state index contributed by atoms with van der Waals surface area (Å²) >= 11 is 0. The molecule has 142 valence electrons. The van der Waals surface area contributed by atoms with E-state index in [0.29, 0.717) is 12.0 Å². The number of hydrogen-bond donors (Lipinski definition) is 1. The molecule has 4 rings (SSSR count). The van der Waals surface area contributed by atoms with Gasteiger partial charge in [-0.3, -0.25) is 9.58 Å². The molecule has 7 nitrogen and oxygen atoms in total. The van der Waals surface area contributed by atoms with Gasteiger partial charge in [-0.15, -0.1) is 0 Å². The third-order valence-electron chi connectivity index (χ3n) is 5.98. The lowest BCUT2D eigenvalue weighted by atomic mass is 10.1. The van der Waals surface area contributed by atoms with Crippen molar-refractivity contribution in [3.8, 4) is 0 Å². The Labute approximate surface area is 155 Å². The van der Waals surface area contributed by atoms with E-state index in [4.69, 9.17) is 14.7 Å². The molecule has 2 aromatic heterocycles. The van der Waals surface area contributed by atoms with E-state index in [0.717, 1.165) is 35.8 Å². The van der Waals surface area contributed by atoms with E-state index in [-0.39, 0.29) is 12.1 Å². The second-order valence-corrected chi connectivity index (χ2v) is 7.99. The SMILES string of the molecule is CO[C@@H]1CN(C(C)C)C[C@H]1Nc1nc(C2CCCC2)nc2c1cnn2C. The Balaban J connectivity index is 1.66. The van der Waals surface area contributed by atoms with Crippen LogP contribution in [-0.4, -0.2) is 63.0 Å². The summed E-state index contributed by atoms with van der Waals surface area (Å²) in [6.07, 6.45) is 6.96. The molecule has 0 unspecified atom stereocenters. The summed E-state index contributed by atoms with van der Waals surface area (Å²) in [5.41, 5.74) is 0.914. The number of likely N-dealkylation sites (tertiary alicyclic amines) is 1.